The van der Waals surface area contributed by atoms with Crippen LogP contribution in [-0.2, 0) is 14.1 Å². The van der Waals surface area contributed by atoms with E-state index in [9.17, 15) is 18.0 Å². The maximum absolute atomic E-state index is 12.9. The van der Waals surface area contributed by atoms with Crippen molar-refractivity contribution in [2.24, 2.45) is 5.92 Å². The largest absolute Gasteiger partial charge is 0.573 e. The molecule has 2 aromatic rings. The highest BCUT2D eigenvalue weighted by Crippen LogP contribution is 2.36. The zero-order chi connectivity index (χ0) is 29.0. The van der Waals surface area contributed by atoms with Crippen LogP contribution in [0.2, 0.25) is 0 Å². The maximum Gasteiger partial charge on any atom is 0.573 e. The van der Waals surface area contributed by atoms with E-state index in [4.69, 9.17) is 14.6 Å². The number of nitrogens with one attached hydrogen (secondary N) is 2. The fourth-order valence-electron chi connectivity index (χ4n) is 4.24. The van der Waals surface area contributed by atoms with Gasteiger partial charge in [0.05, 0.1) is 29.4 Å². The van der Waals surface area contributed by atoms with Gasteiger partial charge in [-0.15, -0.1) is 13.2 Å². The van der Waals surface area contributed by atoms with Crippen LogP contribution in [0.25, 0.3) is 0 Å². The van der Waals surface area contributed by atoms with Crippen LogP contribution >= 0.6 is 0 Å². The molecule has 0 aromatic heterocycles. The van der Waals surface area contributed by atoms with Crippen molar-refractivity contribution in [1.82, 2.24) is 10.6 Å². The molecule has 3 rings (SSSR count). The highest BCUT2D eigenvalue weighted by molar-refractivity contribution is 6.62. The Morgan fingerprint density at radius 2 is 1.51 bits per heavy atom. The third kappa shape index (κ3) is 7.97. The summed E-state index contributed by atoms with van der Waals surface area (Å²) in [6.45, 7) is 11.7. The third-order valence-corrected chi connectivity index (χ3v) is 6.98. The molecule has 7 nitrogen and oxygen atoms in total. The van der Waals surface area contributed by atoms with Crippen molar-refractivity contribution in [3.63, 3.8) is 0 Å². The van der Waals surface area contributed by atoms with Gasteiger partial charge in [-0.1, -0.05) is 50.2 Å². The SMILES string of the molecule is CC(C)C[C@H](NC(c1ccc(OC(F)(F)F)cc1)c1ccc(B2OC(C)(C)C(C)(C)O2)cc1)C(=O)NCC#N. The number of nitriles is 1. The highest BCUT2D eigenvalue weighted by Gasteiger charge is 2.51. The molecule has 1 saturated heterocycles. The third-order valence-electron chi connectivity index (χ3n) is 6.98. The second-order valence-electron chi connectivity index (χ2n) is 11.0. The summed E-state index contributed by atoms with van der Waals surface area (Å²) >= 11 is 0. The topological polar surface area (TPSA) is 92.6 Å². The lowest BCUT2D eigenvalue weighted by Crippen LogP contribution is -2.46. The predicted octanol–water partition coefficient (Wildman–Crippen LogP) is 4.62. The van der Waals surface area contributed by atoms with E-state index in [0.717, 1.165) is 11.0 Å². The predicted molar refractivity (Wildman–Crippen MR) is 142 cm³/mol. The van der Waals surface area contributed by atoms with Crippen molar-refractivity contribution in [3.05, 3.63) is 59.7 Å². The zero-order valence-electron chi connectivity index (χ0n) is 23.1. The Kier molecular flexibility index (Phi) is 9.37. The van der Waals surface area contributed by atoms with Crippen molar-refractivity contribution >= 4 is 18.5 Å². The fourth-order valence-corrected chi connectivity index (χ4v) is 4.24. The van der Waals surface area contributed by atoms with Gasteiger partial charge in [0.15, 0.2) is 0 Å². The number of hydrogen-bond acceptors (Lipinski definition) is 6. The average molecular weight is 545 g/mol. The lowest BCUT2D eigenvalue weighted by molar-refractivity contribution is -0.274. The lowest BCUT2D eigenvalue weighted by Gasteiger charge is -2.32. The van der Waals surface area contributed by atoms with E-state index < -0.39 is 36.8 Å². The molecular formula is C28H35BF3N3O4. The number of halogens is 3. The van der Waals surface area contributed by atoms with Crippen molar-refractivity contribution in [2.45, 2.75) is 77.6 Å². The molecule has 2 atom stereocenters. The number of rotatable bonds is 10. The molecule has 0 saturated carbocycles. The number of ether oxygens (including phenoxy) is 1. The summed E-state index contributed by atoms with van der Waals surface area (Å²) in [6, 6.07) is 13.7. The van der Waals surface area contributed by atoms with E-state index in [1.165, 1.54) is 24.3 Å². The normalized spacial score (nSPS) is 17.9. The molecule has 0 radical (unpaired) electrons. The van der Waals surface area contributed by atoms with Gasteiger partial charge in [0.1, 0.15) is 12.3 Å². The van der Waals surface area contributed by atoms with Crippen LogP contribution in [0.15, 0.2) is 48.5 Å². The van der Waals surface area contributed by atoms with Gasteiger partial charge >= 0.3 is 13.5 Å². The Balaban J connectivity index is 1.94. The number of nitrogens with zero attached hydrogens (tertiary/aromatic N) is 1. The molecule has 0 aliphatic carbocycles. The van der Waals surface area contributed by atoms with Gasteiger partial charge < -0.3 is 19.4 Å². The van der Waals surface area contributed by atoms with Gasteiger partial charge in [0.25, 0.3) is 0 Å². The monoisotopic (exact) mass is 545 g/mol. The molecule has 210 valence electrons. The van der Waals surface area contributed by atoms with Crippen molar-refractivity contribution in [3.8, 4) is 11.8 Å². The van der Waals surface area contributed by atoms with Gasteiger partial charge in [-0.05, 0) is 68.8 Å². The van der Waals surface area contributed by atoms with Gasteiger partial charge in [0, 0.05) is 0 Å². The summed E-state index contributed by atoms with van der Waals surface area (Å²) in [6.07, 6.45) is -4.32. The Morgan fingerprint density at radius 1 is 1.00 bits per heavy atom. The van der Waals surface area contributed by atoms with Crippen LogP contribution in [0.1, 0.15) is 65.1 Å². The van der Waals surface area contributed by atoms with Crippen molar-refractivity contribution in [1.29, 1.82) is 5.26 Å². The molecule has 1 heterocycles. The van der Waals surface area contributed by atoms with E-state index in [-0.39, 0.29) is 24.1 Å². The van der Waals surface area contributed by atoms with E-state index in [1.54, 1.807) is 0 Å². The molecule has 2 aromatic carbocycles. The summed E-state index contributed by atoms with van der Waals surface area (Å²) in [4.78, 5) is 12.9. The number of amides is 1. The van der Waals surface area contributed by atoms with Gasteiger partial charge in [-0.3, -0.25) is 10.1 Å². The second-order valence-corrected chi connectivity index (χ2v) is 11.0. The number of hydrogen-bond donors (Lipinski definition) is 2. The first-order chi connectivity index (χ1) is 18.1. The highest BCUT2D eigenvalue weighted by atomic mass is 19.4. The van der Waals surface area contributed by atoms with Crippen LogP contribution in [0, 0.1) is 17.2 Å². The van der Waals surface area contributed by atoms with E-state index in [2.05, 4.69) is 15.4 Å². The molecule has 11 heteroatoms. The van der Waals surface area contributed by atoms with Gasteiger partial charge in [-0.2, -0.15) is 5.26 Å². The second kappa shape index (κ2) is 12.0. The number of carbonyl (C=O) groups is 1. The minimum atomic E-state index is -4.80. The lowest BCUT2D eigenvalue weighted by atomic mass is 9.78. The fraction of sp³-hybridized carbons (Fsp3) is 0.500. The molecule has 1 fully saturated rings. The average Bonchev–Trinajstić information content (AvgIpc) is 3.06. The first-order valence-electron chi connectivity index (χ1n) is 12.8. The Labute approximate surface area is 228 Å². The minimum Gasteiger partial charge on any atom is -0.406 e. The Morgan fingerprint density at radius 3 is 1.97 bits per heavy atom. The molecule has 1 amide bonds. The molecule has 39 heavy (non-hydrogen) atoms. The van der Waals surface area contributed by atoms with Gasteiger partial charge in [0.2, 0.25) is 5.91 Å². The summed E-state index contributed by atoms with van der Waals surface area (Å²) in [5.41, 5.74) is 1.23. The van der Waals surface area contributed by atoms with E-state index in [1.807, 2.05) is 71.9 Å². The summed E-state index contributed by atoms with van der Waals surface area (Å²) in [5, 5.41) is 14.9. The van der Waals surface area contributed by atoms with Crippen LogP contribution in [0.5, 0.6) is 5.75 Å². The van der Waals surface area contributed by atoms with Crippen molar-refractivity contribution in [2.75, 3.05) is 6.54 Å². The van der Waals surface area contributed by atoms with Crippen molar-refractivity contribution < 1.29 is 32.0 Å². The first kappa shape index (κ1) is 30.5. The molecular weight excluding hydrogens is 510 g/mol. The molecule has 1 unspecified atom stereocenters. The zero-order valence-corrected chi connectivity index (χ0v) is 23.1. The molecule has 1 aliphatic rings. The maximum atomic E-state index is 12.9. The Bertz CT molecular complexity index is 1150. The minimum absolute atomic E-state index is 0.133. The van der Waals surface area contributed by atoms with Crippen LogP contribution < -0.4 is 20.8 Å². The number of benzene rings is 2. The molecule has 1 aliphatic heterocycles. The standard InChI is InChI=1S/C28H35BF3N3O4/c1-18(2)17-23(25(36)34-16-15-33)35-24(20-9-13-22(14-10-20)37-28(30,31)32)19-7-11-21(12-8-19)29-38-26(3,4)27(5,6)39-29/h7-14,18,23-24,35H,16-17H2,1-6H3,(H,34,36)/t23-,24?/m0/s1. The first-order valence-corrected chi connectivity index (χ1v) is 12.8. The number of carbonyl (C=O) groups excluding carboxylic acids is 1. The Hall–Kier alpha value is -3.07. The molecule has 2 N–H and O–H groups in total. The van der Waals surface area contributed by atoms with E-state index >= 15 is 0 Å². The summed E-state index contributed by atoms with van der Waals surface area (Å²) in [7, 11) is -0.556. The van der Waals surface area contributed by atoms with Crippen LogP contribution in [0.3, 0.4) is 0 Å². The number of alkyl halides is 3. The summed E-state index contributed by atoms with van der Waals surface area (Å²) in [5.74, 6) is -0.517. The summed E-state index contributed by atoms with van der Waals surface area (Å²) < 4.78 is 54.4. The molecule has 0 spiro atoms. The van der Waals surface area contributed by atoms with Crippen LogP contribution in [-0.4, -0.2) is 43.2 Å². The molecule has 0 bridgehead atoms. The smallest absolute Gasteiger partial charge is 0.406 e. The quantitative estimate of drug-likeness (QED) is 0.335. The van der Waals surface area contributed by atoms with E-state index in [0.29, 0.717) is 12.0 Å². The van der Waals surface area contributed by atoms with Gasteiger partial charge in [-0.25, -0.2) is 0 Å². The van der Waals surface area contributed by atoms with Crippen LogP contribution in [0.4, 0.5) is 13.2 Å².